The van der Waals surface area contributed by atoms with Crippen molar-refractivity contribution in [2.24, 2.45) is 11.1 Å². The molecule has 0 bridgehead atoms. The van der Waals surface area contributed by atoms with E-state index in [0.29, 0.717) is 6.54 Å². The Morgan fingerprint density at radius 2 is 1.88 bits per heavy atom. The summed E-state index contributed by atoms with van der Waals surface area (Å²) in [7, 11) is 1.69. The molecule has 2 amide bonds. The molecule has 5 heteroatoms. The van der Waals surface area contributed by atoms with Crippen LogP contribution in [0.5, 0.6) is 0 Å². The maximum atomic E-state index is 11.6. The van der Waals surface area contributed by atoms with Gasteiger partial charge in [-0.15, -0.1) is 0 Å². The lowest BCUT2D eigenvalue weighted by molar-refractivity contribution is -0.132. The molecule has 0 rings (SSSR count). The quantitative estimate of drug-likeness (QED) is 0.710. The highest BCUT2D eigenvalue weighted by Gasteiger charge is 2.27. The number of carbonyl (C=O) groups excluding carboxylic acids is 2. The smallest absolute Gasteiger partial charge is 0.241 e. The minimum atomic E-state index is -0.604. The number of amides is 2. The first-order valence-corrected chi connectivity index (χ1v) is 5.47. The molecule has 94 valence electrons. The Kier molecular flexibility index (Phi) is 5.44. The molecule has 5 nitrogen and oxygen atoms in total. The first-order valence-electron chi connectivity index (χ1n) is 5.47. The lowest BCUT2D eigenvalue weighted by Gasteiger charge is -2.26. The van der Waals surface area contributed by atoms with Crippen molar-refractivity contribution in [2.45, 2.75) is 33.7 Å². The highest BCUT2D eigenvalue weighted by molar-refractivity contribution is 5.87. The van der Waals surface area contributed by atoms with E-state index in [1.807, 2.05) is 27.7 Å². The fraction of sp³-hybridized carbons (Fsp3) is 0.818. The van der Waals surface area contributed by atoms with Crippen molar-refractivity contribution in [3.8, 4) is 0 Å². The number of hydrogen-bond acceptors (Lipinski definition) is 3. The Morgan fingerprint density at radius 3 is 2.25 bits per heavy atom. The minimum Gasteiger partial charge on any atom is -0.346 e. The Balaban J connectivity index is 4.14. The normalized spacial score (nSPS) is 13.1. The maximum absolute atomic E-state index is 11.6. The van der Waals surface area contributed by atoms with Gasteiger partial charge < -0.3 is 16.0 Å². The van der Waals surface area contributed by atoms with Gasteiger partial charge in [0.05, 0.1) is 12.6 Å². The largest absolute Gasteiger partial charge is 0.346 e. The molecular weight excluding hydrogens is 206 g/mol. The molecule has 3 N–H and O–H groups in total. The van der Waals surface area contributed by atoms with Crippen molar-refractivity contribution in [1.29, 1.82) is 0 Å². The van der Waals surface area contributed by atoms with Crippen LogP contribution in [0.1, 0.15) is 27.7 Å². The second kappa shape index (κ2) is 5.84. The summed E-state index contributed by atoms with van der Waals surface area (Å²) in [5, 5.41) is 2.55. The second-order valence-corrected chi connectivity index (χ2v) is 4.97. The van der Waals surface area contributed by atoms with Gasteiger partial charge in [-0.25, -0.2) is 0 Å². The average molecular weight is 229 g/mol. The van der Waals surface area contributed by atoms with Gasteiger partial charge in [-0.1, -0.05) is 20.8 Å². The highest BCUT2D eigenvalue weighted by atomic mass is 16.2. The summed E-state index contributed by atoms with van der Waals surface area (Å²) in [5.74, 6) is -0.401. The van der Waals surface area contributed by atoms with E-state index in [9.17, 15) is 9.59 Å². The number of carbonyl (C=O) groups is 2. The third-order valence-electron chi connectivity index (χ3n) is 2.53. The molecular formula is C11H23N3O2. The fourth-order valence-corrected chi connectivity index (χ4v) is 0.977. The van der Waals surface area contributed by atoms with Gasteiger partial charge >= 0.3 is 0 Å². The van der Waals surface area contributed by atoms with Gasteiger partial charge in [0.1, 0.15) is 0 Å². The maximum Gasteiger partial charge on any atom is 0.241 e. The lowest BCUT2D eigenvalue weighted by atomic mass is 9.87. The Morgan fingerprint density at radius 1 is 1.38 bits per heavy atom. The van der Waals surface area contributed by atoms with Crippen molar-refractivity contribution in [2.75, 3.05) is 20.1 Å². The zero-order valence-electron chi connectivity index (χ0n) is 10.8. The first kappa shape index (κ1) is 14.9. The molecule has 16 heavy (non-hydrogen) atoms. The van der Waals surface area contributed by atoms with Gasteiger partial charge in [-0.05, 0) is 12.3 Å². The summed E-state index contributed by atoms with van der Waals surface area (Å²) >= 11 is 0. The Labute approximate surface area is 97.4 Å². The third-order valence-corrected chi connectivity index (χ3v) is 2.53. The molecule has 0 aliphatic rings. The van der Waals surface area contributed by atoms with Crippen molar-refractivity contribution < 1.29 is 9.59 Å². The molecule has 0 saturated carbocycles. The van der Waals surface area contributed by atoms with Crippen LogP contribution in [0.2, 0.25) is 0 Å². The lowest BCUT2D eigenvalue weighted by Crippen LogP contribution is -2.50. The minimum absolute atomic E-state index is 0.00690. The summed E-state index contributed by atoms with van der Waals surface area (Å²) in [6.07, 6.45) is 0. The molecule has 0 aromatic carbocycles. The van der Waals surface area contributed by atoms with E-state index in [0.717, 1.165) is 0 Å². The number of likely N-dealkylation sites (N-methyl/N-ethyl adjacent to an activating group) is 1. The summed E-state index contributed by atoms with van der Waals surface area (Å²) < 4.78 is 0. The molecule has 1 unspecified atom stereocenters. The van der Waals surface area contributed by atoms with Gasteiger partial charge in [0.2, 0.25) is 11.8 Å². The average Bonchev–Trinajstić information content (AvgIpc) is 2.21. The zero-order chi connectivity index (χ0) is 12.9. The topological polar surface area (TPSA) is 75.4 Å². The molecule has 0 aliphatic heterocycles. The van der Waals surface area contributed by atoms with Crippen LogP contribution in [0.25, 0.3) is 0 Å². The van der Waals surface area contributed by atoms with Gasteiger partial charge in [-0.2, -0.15) is 0 Å². The van der Waals surface area contributed by atoms with Crippen molar-refractivity contribution >= 4 is 11.8 Å². The van der Waals surface area contributed by atoms with E-state index >= 15 is 0 Å². The summed E-state index contributed by atoms with van der Waals surface area (Å²) in [6, 6.07) is -0.604. The summed E-state index contributed by atoms with van der Waals surface area (Å²) in [4.78, 5) is 24.6. The molecule has 0 aromatic heterocycles. The molecule has 0 aromatic rings. The monoisotopic (exact) mass is 229 g/mol. The van der Waals surface area contributed by atoms with Gasteiger partial charge in [0.15, 0.2) is 0 Å². The van der Waals surface area contributed by atoms with Crippen LogP contribution in [0.15, 0.2) is 0 Å². The van der Waals surface area contributed by atoms with Crippen molar-refractivity contribution in [1.82, 2.24) is 10.2 Å². The molecule has 0 fully saturated rings. The van der Waals surface area contributed by atoms with E-state index in [1.165, 1.54) is 0 Å². The van der Waals surface area contributed by atoms with Crippen LogP contribution >= 0.6 is 0 Å². The van der Waals surface area contributed by atoms with Crippen LogP contribution in [0, 0.1) is 5.41 Å². The van der Waals surface area contributed by atoms with Crippen LogP contribution in [0.3, 0.4) is 0 Å². The molecule has 0 aliphatic carbocycles. The van der Waals surface area contributed by atoms with Crippen LogP contribution in [0.4, 0.5) is 0 Å². The van der Waals surface area contributed by atoms with Gasteiger partial charge in [0, 0.05) is 13.6 Å². The molecule has 0 heterocycles. The van der Waals surface area contributed by atoms with E-state index in [4.69, 9.17) is 5.73 Å². The zero-order valence-corrected chi connectivity index (χ0v) is 10.8. The fourth-order valence-electron chi connectivity index (χ4n) is 0.977. The van der Waals surface area contributed by atoms with Crippen molar-refractivity contribution in [3.63, 3.8) is 0 Å². The predicted molar refractivity (Wildman–Crippen MR) is 63.8 cm³/mol. The van der Waals surface area contributed by atoms with E-state index in [1.54, 1.807) is 11.9 Å². The number of hydrogen-bond donors (Lipinski definition) is 2. The number of rotatable bonds is 4. The Hall–Kier alpha value is -1.10. The number of nitrogens with zero attached hydrogens (tertiary/aromatic N) is 1. The SMILES string of the molecule is CCN(C)C(=O)CNC(=O)C(N)C(C)(C)C. The predicted octanol–water partition coefficient (Wildman–Crippen LogP) is -0.0457. The van der Waals surface area contributed by atoms with Crippen LogP contribution in [-0.2, 0) is 9.59 Å². The standard InChI is InChI=1S/C11H23N3O2/c1-6-14(5)8(15)7-13-10(16)9(12)11(2,3)4/h9H,6-7,12H2,1-5H3,(H,13,16). The third kappa shape index (κ3) is 4.61. The van der Waals surface area contributed by atoms with Gasteiger partial charge in [-0.3, -0.25) is 9.59 Å². The number of nitrogens with one attached hydrogen (secondary N) is 1. The van der Waals surface area contributed by atoms with E-state index < -0.39 is 6.04 Å². The Bertz CT molecular complexity index is 258. The van der Waals surface area contributed by atoms with Crippen molar-refractivity contribution in [3.05, 3.63) is 0 Å². The summed E-state index contributed by atoms with van der Waals surface area (Å²) in [6.45, 7) is 8.17. The molecule has 0 radical (unpaired) electrons. The summed E-state index contributed by atoms with van der Waals surface area (Å²) in [5.41, 5.74) is 5.45. The first-order chi connectivity index (χ1) is 7.20. The van der Waals surface area contributed by atoms with Gasteiger partial charge in [0.25, 0.3) is 0 Å². The van der Waals surface area contributed by atoms with E-state index in [-0.39, 0.29) is 23.8 Å². The highest BCUT2D eigenvalue weighted by Crippen LogP contribution is 2.16. The molecule has 0 spiro atoms. The molecule has 0 saturated heterocycles. The molecule has 1 atom stereocenters. The van der Waals surface area contributed by atoms with Crippen LogP contribution in [-0.4, -0.2) is 42.9 Å². The van der Waals surface area contributed by atoms with Crippen LogP contribution < -0.4 is 11.1 Å². The second-order valence-electron chi connectivity index (χ2n) is 4.97. The number of nitrogens with two attached hydrogens (primary N) is 1. The van der Waals surface area contributed by atoms with E-state index in [2.05, 4.69) is 5.32 Å².